The molecule has 1 aromatic rings. The molecule has 0 bridgehead atoms. The third kappa shape index (κ3) is 5.01. The van der Waals surface area contributed by atoms with E-state index in [1.807, 2.05) is 6.07 Å². The van der Waals surface area contributed by atoms with Gasteiger partial charge in [-0.05, 0) is 24.1 Å². The summed E-state index contributed by atoms with van der Waals surface area (Å²) in [5, 5.41) is 10.6. The predicted molar refractivity (Wildman–Crippen MR) is 73.0 cm³/mol. The fourth-order valence-electron chi connectivity index (χ4n) is 1.49. The van der Waals surface area contributed by atoms with Gasteiger partial charge in [0.05, 0.1) is 7.11 Å². The highest BCUT2D eigenvalue weighted by atomic mass is 16.5. The average molecular weight is 279 g/mol. The normalized spacial score (nSPS) is 9.65. The van der Waals surface area contributed by atoms with Gasteiger partial charge in [0, 0.05) is 0 Å². The number of carbonyl (C=O) groups is 2. The van der Waals surface area contributed by atoms with Crippen LogP contribution in [-0.4, -0.2) is 37.2 Å². The predicted octanol–water partition coefficient (Wildman–Crippen LogP) is 1.00. The van der Waals surface area contributed by atoms with Crippen LogP contribution in [0.15, 0.2) is 30.9 Å². The standard InChI is InChI=1S/C14H17NO5/c1-3-4-10-5-6-11(12(7-10)19-2)20-9-13(16)15-8-14(17)18/h3,5-7H,1,4,8-9H2,2H3,(H,15,16)(H,17,18). The zero-order valence-electron chi connectivity index (χ0n) is 11.2. The lowest BCUT2D eigenvalue weighted by Gasteiger charge is -2.11. The van der Waals surface area contributed by atoms with E-state index in [1.165, 1.54) is 7.11 Å². The lowest BCUT2D eigenvalue weighted by molar-refractivity contribution is -0.138. The molecule has 0 fully saturated rings. The molecule has 6 nitrogen and oxygen atoms in total. The molecule has 0 atom stereocenters. The fraction of sp³-hybridized carbons (Fsp3) is 0.286. The highest BCUT2D eigenvalue weighted by Gasteiger charge is 2.09. The summed E-state index contributed by atoms with van der Waals surface area (Å²) in [6.45, 7) is 2.95. The van der Waals surface area contributed by atoms with Crippen molar-refractivity contribution in [3.05, 3.63) is 36.4 Å². The highest BCUT2D eigenvalue weighted by Crippen LogP contribution is 2.28. The molecule has 1 rings (SSSR count). The summed E-state index contributed by atoms with van der Waals surface area (Å²) in [5.74, 6) is -0.685. The number of hydrogen-bond acceptors (Lipinski definition) is 4. The molecule has 1 amide bonds. The van der Waals surface area contributed by atoms with Gasteiger partial charge in [0.25, 0.3) is 5.91 Å². The van der Waals surface area contributed by atoms with Crippen LogP contribution in [0.2, 0.25) is 0 Å². The number of benzene rings is 1. The number of rotatable bonds is 8. The Morgan fingerprint density at radius 1 is 1.40 bits per heavy atom. The number of allylic oxidation sites excluding steroid dienone is 1. The van der Waals surface area contributed by atoms with Gasteiger partial charge in [-0.1, -0.05) is 12.1 Å². The van der Waals surface area contributed by atoms with E-state index in [-0.39, 0.29) is 6.61 Å². The molecule has 0 aliphatic rings. The zero-order valence-corrected chi connectivity index (χ0v) is 11.2. The van der Waals surface area contributed by atoms with E-state index in [9.17, 15) is 9.59 Å². The number of nitrogens with one attached hydrogen (secondary N) is 1. The Bertz CT molecular complexity index is 498. The number of carboxylic acids is 1. The molecular weight excluding hydrogens is 262 g/mol. The van der Waals surface area contributed by atoms with E-state index in [2.05, 4.69) is 11.9 Å². The van der Waals surface area contributed by atoms with Crippen LogP contribution in [0, 0.1) is 0 Å². The molecule has 0 radical (unpaired) electrons. The van der Waals surface area contributed by atoms with Gasteiger partial charge < -0.3 is 19.9 Å². The van der Waals surface area contributed by atoms with Crippen molar-refractivity contribution in [1.29, 1.82) is 0 Å². The molecule has 108 valence electrons. The second-order valence-electron chi connectivity index (χ2n) is 3.94. The van der Waals surface area contributed by atoms with Gasteiger partial charge in [0.15, 0.2) is 18.1 Å². The van der Waals surface area contributed by atoms with E-state index in [4.69, 9.17) is 14.6 Å². The summed E-state index contributed by atoms with van der Waals surface area (Å²) in [4.78, 5) is 21.6. The molecular formula is C14H17NO5. The maximum atomic E-state index is 11.3. The smallest absolute Gasteiger partial charge is 0.322 e. The monoisotopic (exact) mass is 279 g/mol. The van der Waals surface area contributed by atoms with Gasteiger partial charge in [-0.3, -0.25) is 9.59 Å². The Balaban J connectivity index is 2.60. The molecule has 1 aromatic carbocycles. The van der Waals surface area contributed by atoms with Crippen LogP contribution in [0.5, 0.6) is 11.5 Å². The first-order chi connectivity index (χ1) is 9.56. The van der Waals surface area contributed by atoms with E-state index < -0.39 is 18.4 Å². The second kappa shape index (κ2) is 7.83. The number of amides is 1. The minimum atomic E-state index is -1.11. The summed E-state index contributed by atoms with van der Waals surface area (Å²) in [5.41, 5.74) is 1.01. The Hall–Kier alpha value is -2.50. The number of methoxy groups -OCH3 is 1. The zero-order chi connectivity index (χ0) is 15.0. The van der Waals surface area contributed by atoms with Crippen molar-refractivity contribution >= 4 is 11.9 Å². The molecule has 2 N–H and O–H groups in total. The molecule has 0 saturated heterocycles. The van der Waals surface area contributed by atoms with Crippen molar-refractivity contribution in [2.75, 3.05) is 20.3 Å². The Kier molecular flexibility index (Phi) is 6.09. The maximum absolute atomic E-state index is 11.3. The topological polar surface area (TPSA) is 84.9 Å². The molecule has 0 aromatic heterocycles. The van der Waals surface area contributed by atoms with E-state index in [0.717, 1.165) is 5.56 Å². The minimum Gasteiger partial charge on any atom is -0.493 e. The molecule has 0 saturated carbocycles. The summed E-state index contributed by atoms with van der Waals surface area (Å²) >= 11 is 0. The summed E-state index contributed by atoms with van der Waals surface area (Å²) in [7, 11) is 1.50. The summed E-state index contributed by atoms with van der Waals surface area (Å²) in [6.07, 6.45) is 2.48. The van der Waals surface area contributed by atoms with E-state index in [1.54, 1.807) is 18.2 Å². The lowest BCUT2D eigenvalue weighted by Crippen LogP contribution is -2.33. The Morgan fingerprint density at radius 2 is 2.15 bits per heavy atom. The van der Waals surface area contributed by atoms with Crippen LogP contribution in [-0.2, 0) is 16.0 Å². The van der Waals surface area contributed by atoms with Crippen LogP contribution in [0.1, 0.15) is 5.56 Å². The van der Waals surface area contributed by atoms with Gasteiger partial charge in [-0.2, -0.15) is 0 Å². The maximum Gasteiger partial charge on any atom is 0.322 e. The van der Waals surface area contributed by atoms with Crippen LogP contribution in [0.3, 0.4) is 0 Å². The van der Waals surface area contributed by atoms with Gasteiger partial charge in [-0.15, -0.1) is 6.58 Å². The Labute approximate surface area is 117 Å². The molecule has 0 heterocycles. The van der Waals surface area contributed by atoms with Gasteiger partial charge >= 0.3 is 5.97 Å². The first-order valence-corrected chi connectivity index (χ1v) is 5.96. The molecule has 0 aliphatic carbocycles. The van der Waals surface area contributed by atoms with Gasteiger partial charge in [-0.25, -0.2) is 0 Å². The van der Waals surface area contributed by atoms with Crippen molar-refractivity contribution in [2.45, 2.75) is 6.42 Å². The average Bonchev–Trinajstić information content (AvgIpc) is 2.43. The van der Waals surface area contributed by atoms with Crippen molar-refractivity contribution in [3.8, 4) is 11.5 Å². The number of hydrogen-bond donors (Lipinski definition) is 2. The van der Waals surface area contributed by atoms with Crippen LogP contribution in [0.4, 0.5) is 0 Å². The van der Waals surface area contributed by atoms with Crippen molar-refractivity contribution in [3.63, 3.8) is 0 Å². The van der Waals surface area contributed by atoms with E-state index >= 15 is 0 Å². The molecule has 0 unspecified atom stereocenters. The molecule has 20 heavy (non-hydrogen) atoms. The van der Waals surface area contributed by atoms with Crippen LogP contribution < -0.4 is 14.8 Å². The van der Waals surface area contributed by atoms with Crippen molar-refractivity contribution < 1.29 is 24.2 Å². The van der Waals surface area contributed by atoms with Gasteiger partial charge in [0.1, 0.15) is 6.54 Å². The van der Waals surface area contributed by atoms with Crippen LogP contribution in [0.25, 0.3) is 0 Å². The van der Waals surface area contributed by atoms with Crippen molar-refractivity contribution in [1.82, 2.24) is 5.32 Å². The number of carbonyl (C=O) groups excluding carboxylic acids is 1. The second-order valence-corrected chi connectivity index (χ2v) is 3.94. The fourth-order valence-corrected chi connectivity index (χ4v) is 1.49. The third-order valence-electron chi connectivity index (χ3n) is 2.40. The van der Waals surface area contributed by atoms with Crippen LogP contribution >= 0.6 is 0 Å². The molecule has 6 heteroatoms. The Morgan fingerprint density at radius 3 is 2.75 bits per heavy atom. The first kappa shape index (κ1) is 15.6. The van der Waals surface area contributed by atoms with Gasteiger partial charge in [0.2, 0.25) is 0 Å². The number of ether oxygens (including phenoxy) is 2. The number of aliphatic carboxylic acids is 1. The highest BCUT2D eigenvalue weighted by molar-refractivity contribution is 5.82. The molecule has 0 aliphatic heterocycles. The minimum absolute atomic E-state index is 0.273. The summed E-state index contributed by atoms with van der Waals surface area (Å²) < 4.78 is 10.5. The largest absolute Gasteiger partial charge is 0.493 e. The summed E-state index contributed by atoms with van der Waals surface area (Å²) in [6, 6.07) is 5.34. The first-order valence-electron chi connectivity index (χ1n) is 5.96. The lowest BCUT2D eigenvalue weighted by atomic mass is 10.1. The SMILES string of the molecule is C=CCc1ccc(OCC(=O)NCC(=O)O)c(OC)c1. The van der Waals surface area contributed by atoms with Crippen molar-refractivity contribution in [2.24, 2.45) is 0 Å². The van der Waals surface area contributed by atoms with E-state index in [0.29, 0.717) is 17.9 Å². The molecule has 0 spiro atoms. The third-order valence-corrected chi connectivity index (χ3v) is 2.40. The number of carboxylic acid groups (broad SMARTS) is 1. The quantitative estimate of drug-likeness (QED) is 0.694.